The maximum atomic E-state index is 5.18. The molecule has 0 saturated heterocycles. The van der Waals surface area contributed by atoms with Crippen LogP contribution < -0.4 is 5.59 Å². The predicted molar refractivity (Wildman–Crippen MR) is 26.4 cm³/mol. The molecule has 0 aliphatic rings. The van der Waals surface area contributed by atoms with Gasteiger partial charge in [0.1, 0.15) is 7.85 Å². The fraction of sp³-hybridized carbons (Fsp3) is 0.333. The van der Waals surface area contributed by atoms with E-state index in [1.807, 2.05) is 0 Å². The van der Waals surface area contributed by atoms with Crippen LogP contribution in [0.5, 0.6) is 0 Å². The van der Waals surface area contributed by atoms with Gasteiger partial charge < -0.3 is 0 Å². The molecular weight excluding hydrogens is 88.9 g/mol. The second-order valence-corrected chi connectivity index (χ2v) is 1.32. The quantitative estimate of drug-likeness (QED) is 0.369. The molecule has 7 heavy (non-hydrogen) atoms. The van der Waals surface area contributed by atoms with E-state index in [0.29, 0.717) is 5.59 Å². The van der Waals surface area contributed by atoms with Crippen molar-refractivity contribution in [3.63, 3.8) is 0 Å². The normalized spacial score (nSPS) is 9.29. The van der Waals surface area contributed by atoms with Gasteiger partial charge in [0.2, 0.25) is 0 Å². The Morgan fingerprint density at radius 3 is 2.71 bits per heavy atom. The highest BCUT2D eigenvalue weighted by molar-refractivity contribution is 6.30. The monoisotopic (exact) mass is 93.0 g/mol. The lowest BCUT2D eigenvalue weighted by atomic mass is 10.1. The molecule has 0 saturated carbocycles. The van der Waals surface area contributed by atoms with Crippen LogP contribution in [0.15, 0.2) is 6.20 Å². The Morgan fingerprint density at radius 1 is 1.86 bits per heavy atom. The van der Waals surface area contributed by atoms with Crippen LogP contribution in [0.25, 0.3) is 0 Å². The first-order chi connectivity index (χ1) is 3.29. The summed E-state index contributed by atoms with van der Waals surface area (Å²) in [6.07, 6.45) is 1.64. The number of hydrogen-bond acceptors (Lipinski definition) is 2. The molecule has 1 aromatic rings. The van der Waals surface area contributed by atoms with Crippen LogP contribution >= 0.6 is 0 Å². The second kappa shape index (κ2) is 1.37. The Hall–Kier alpha value is -0.795. The van der Waals surface area contributed by atoms with Crippen molar-refractivity contribution in [2.24, 2.45) is 7.05 Å². The van der Waals surface area contributed by atoms with E-state index in [0.717, 1.165) is 0 Å². The topological polar surface area (TPSA) is 30.7 Å². The molecule has 0 aromatic carbocycles. The van der Waals surface area contributed by atoms with Crippen LogP contribution in [-0.2, 0) is 7.05 Å². The highest BCUT2D eigenvalue weighted by Gasteiger charge is 1.83. The van der Waals surface area contributed by atoms with Crippen molar-refractivity contribution in [3.8, 4) is 0 Å². The zero-order chi connectivity index (χ0) is 5.28. The van der Waals surface area contributed by atoms with Gasteiger partial charge in [-0.05, 0) is 0 Å². The van der Waals surface area contributed by atoms with Crippen LogP contribution in [0.3, 0.4) is 0 Å². The van der Waals surface area contributed by atoms with E-state index in [1.54, 1.807) is 17.9 Å². The number of aryl methyl sites for hydroxylation is 1. The SMILES string of the molecule is [B]c1cn(C)nn1. The summed E-state index contributed by atoms with van der Waals surface area (Å²) in [5.41, 5.74) is 0.461. The Bertz CT molecular complexity index is 142. The highest BCUT2D eigenvalue weighted by Crippen LogP contribution is 1.62. The molecule has 1 rings (SSSR count). The maximum Gasteiger partial charge on any atom is 0.146 e. The first-order valence-electron chi connectivity index (χ1n) is 1.91. The van der Waals surface area contributed by atoms with Crippen molar-refractivity contribution in [1.82, 2.24) is 15.0 Å². The molecule has 0 aliphatic carbocycles. The van der Waals surface area contributed by atoms with Gasteiger partial charge in [-0.1, -0.05) is 5.21 Å². The van der Waals surface area contributed by atoms with Gasteiger partial charge in [0.05, 0.1) is 0 Å². The van der Waals surface area contributed by atoms with E-state index in [1.165, 1.54) is 0 Å². The number of aromatic nitrogens is 3. The third-order valence-corrected chi connectivity index (χ3v) is 0.620. The van der Waals surface area contributed by atoms with Gasteiger partial charge in [0.15, 0.2) is 0 Å². The molecule has 0 atom stereocenters. The Balaban J connectivity index is 3.04. The number of nitrogens with zero attached hydrogens (tertiary/aromatic N) is 3. The number of rotatable bonds is 0. The third kappa shape index (κ3) is 0.794. The molecule has 0 fully saturated rings. The van der Waals surface area contributed by atoms with Gasteiger partial charge in [0.25, 0.3) is 0 Å². The minimum absolute atomic E-state index is 0.461. The molecule has 34 valence electrons. The van der Waals surface area contributed by atoms with Gasteiger partial charge in [0, 0.05) is 18.8 Å². The highest BCUT2D eigenvalue weighted by atomic mass is 15.4. The molecule has 2 radical (unpaired) electrons. The summed E-state index contributed by atoms with van der Waals surface area (Å²) in [5, 5.41) is 7.06. The average Bonchev–Trinajstić information content (AvgIpc) is 1.87. The summed E-state index contributed by atoms with van der Waals surface area (Å²) in [5.74, 6) is 0. The van der Waals surface area contributed by atoms with E-state index < -0.39 is 0 Å². The predicted octanol–water partition coefficient (Wildman–Crippen LogP) is -1.39. The average molecular weight is 92.9 g/mol. The van der Waals surface area contributed by atoms with Crippen molar-refractivity contribution >= 4 is 13.4 Å². The standard InChI is InChI=1S/C3H4BN3/c1-7-2-3(4)5-6-7/h2H,1H3. The van der Waals surface area contributed by atoms with Gasteiger partial charge in [-0.25, -0.2) is 0 Å². The van der Waals surface area contributed by atoms with Crippen LogP contribution in [-0.4, -0.2) is 22.8 Å². The van der Waals surface area contributed by atoms with Crippen molar-refractivity contribution in [1.29, 1.82) is 0 Å². The Morgan fingerprint density at radius 2 is 2.57 bits per heavy atom. The summed E-state index contributed by atoms with van der Waals surface area (Å²) in [4.78, 5) is 0. The third-order valence-electron chi connectivity index (χ3n) is 0.620. The number of hydrogen-bond donors (Lipinski definition) is 0. The van der Waals surface area contributed by atoms with Crippen LogP contribution in [0.4, 0.5) is 0 Å². The molecule has 0 aliphatic heterocycles. The lowest BCUT2D eigenvalue weighted by Gasteiger charge is -1.75. The molecule has 1 aromatic heterocycles. The molecular formula is C3H4BN3. The molecule has 4 heteroatoms. The maximum absolute atomic E-state index is 5.18. The minimum atomic E-state index is 0.461. The summed E-state index contributed by atoms with van der Waals surface area (Å²) in [6, 6.07) is 0. The van der Waals surface area contributed by atoms with E-state index in [9.17, 15) is 0 Å². The molecule has 0 N–H and O–H groups in total. The van der Waals surface area contributed by atoms with Crippen LogP contribution in [0.2, 0.25) is 0 Å². The lowest BCUT2D eigenvalue weighted by Crippen LogP contribution is -2.00. The molecule has 0 amide bonds. The largest absolute Gasteiger partial charge is 0.256 e. The van der Waals surface area contributed by atoms with Gasteiger partial charge in [-0.15, -0.1) is 5.10 Å². The van der Waals surface area contributed by atoms with Gasteiger partial charge in [-0.3, -0.25) is 4.68 Å². The molecule has 0 bridgehead atoms. The van der Waals surface area contributed by atoms with E-state index in [2.05, 4.69) is 10.3 Å². The minimum Gasteiger partial charge on any atom is -0.256 e. The summed E-state index contributed by atoms with van der Waals surface area (Å²) < 4.78 is 1.55. The zero-order valence-corrected chi connectivity index (χ0v) is 4.00. The zero-order valence-electron chi connectivity index (χ0n) is 4.00. The molecule has 0 unspecified atom stereocenters. The van der Waals surface area contributed by atoms with Crippen LogP contribution in [0, 0.1) is 0 Å². The molecule has 1 heterocycles. The fourth-order valence-corrected chi connectivity index (χ4v) is 0.365. The van der Waals surface area contributed by atoms with Crippen LogP contribution in [0.1, 0.15) is 0 Å². The lowest BCUT2D eigenvalue weighted by molar-refractivity contribution is 0.715. The molecule has 3 nitrogen and oxygen atoms in total. The van der Waals surface area contributed by atoms with Crippen molar-refractivity contribution in [3.05, 3.63) is 6.20 Å². The summed E-state index contributed by atoms with van der Waals surface area (Å²) >= 11 is 0. The van der Waals surface area contributed by atoms with E-state index in [-0.39, 0.29) is 0 Å². The van der Waals surface area contributed by atoms with E-state index in [4.69, 9.17) is 7.85 Å². The van der Waals surface area contributed by atoms with Crippen molar-refractivity contribution in [2.75, 3.05) is 0 Å². The second-order valence-electron chi connectivity index (χ2n) is 1.32. The summed E-state index contributed by atoms with van der Waals surface area (Å²) in [6.45, 7) is 0. The van der Waals surface area contributed by atoms with Crippen molar-refractivity contribution in [2.45, 2.75) is 0 Å². The van der Waals surface area contributed by atoms with E-state index >= 15 is 0 Å². The van der Waals surface area contributed by atoms with Gasteiger partial charge in [-0.2, -0.15) is 0 Å². The fourth-order valence-electron chi connectivity index (χ4n) is 0.365. The Kier molecular flexibility index (Phi) is 0.853. The first kappa shape index (κ1) is 4.37. The first-order valence-corrected chi connectivity index (χ1v) is 1.91. The smallest absolute Gasteiger partial charge is 0.146 e. The van der Waals surface area contributed by atoms with Crippen molar-refractivity contribution < 1.29 is 0 Å². The Labute approximate surface area is 42.7 Å². The van der Waals surface area contributed by atoms with Gasteiger partial charge >= 0.3 is 0 Å². The molecule has 0 spiro atoms. The summed E-state index contributed by atoms with van der Waals surface area (Å²) in [7, 11) is 6.95.